The molecule has 6 nitrogen and oxygen atoms in total. The minimum absolute atomic E-state index is 0.00238. The Morgan fingerprint density at radius 1 is 1.29 bits per heavy atom. The highest BCUT2D eigenvalue weighted by atomic mass is 16.2. The maximum atomic E-state index is 12.4. The number of carbonyl (C=O) groups excluding carboxylic acids is 1. The number of rotatable bonds is 2. The summed E-state index contributed by atoms with van der Waals surface area (Å²) in [7, 11) is 1.96. The number of nitrogens with zero attached hydrogens (tertiary/aromatic N) is 4. The molecular formula is C18H25N5O. The number of aryl methyl sites for hydroxylation is 1. The van der Waals surface area contributed by atoms with E-state index < -0.39 is 0 Å². The van der Waals surface area contributed by atoms with Gasteiger partial charge in [-0.1, -0.05) is 6.42 Å². The smallest absolute Gasteiger partial charge is 0.321 e. The molecule has 1 atom stereocenters. The third-order valence-corrected chi connectivity index (χ3v) is 5.45. The lowest BCUT2D eigenvalue weighted by Crippen LogP contribution is -2.64. The van der Waals surface area contributed by atoms with Gasteiger partial charge in [-0.2, -0.15) is 0 Å². The molecule has 3 heterocycles. The fourth-order valence-electron chi connectivity index (χ4n) is 3.90. The summed E-state index contributed by atoms with van der Waals surface area (Å²) in [6, 6.07) is 7.02. The number of likely N-dealkylation sites (tertiary alicyclic amines) is 2. The van der Waals surface area contributed by atoms with Crippen LogP contribution in [0.5, 0.6) is 0 Å². The molecule has 0 bridgehead atoms. The van der Waals surface area contributed by atoms with Gasteiger partial charge in [0.2, 0.25) is 0 Å². The van der Waals surface area contributed by atoms with Gasteiger partial charge in [0.15, 0.2) is 0 Å². The highest BCUT2D eigenvalue weighted by molar-refractivity contribution is 5.92. The van der Waals surface area contributed by atoms with Crippen molar-refractivity contribution in [2.45, 2.75) is 38.3 Å². The van der Waals surface area contributed by atoms with E-state index >= 15 is 0 Å². The van der Waals surface area contributed by atoms with Crippen LogP contribution in [0.25, 0.3) is 11.0 Å². The largest absolute Gasteiger partial charge is 0.334 e. The second kappa shape index (κ2) is 6.09. The Bertz CT molecular complexity index is 749. The van der Waals surface area contributed by atoms with Crippen molar-refractivity contribution in [3.8, 4) is 0 Å². The average Bonchev–Trinajstić information content (AvgIpc) is 2.89. The lowest BCUT2D eigenvalue weighted by molar-refractivity contribution is 0.0199. The van der Waals surface area contributed by atoms with Gasteiger partial charge in [0, 0.05) is 37.9 Å². The summed E-state index contributed by atoms with van der Waals surface area (Å²) < 4.78 is 1.96. The Morgan fingerprint density at radius 3 is 2.92 bits per heavy atom. The number of benzene rings is 1. The number of carbonyl (C=O) groups is 1. The summed E-state index contributed by atoms with van der Waals surface area (Å²) in [5.41, 5.74) is 2.79. The Labute approximate surface area is 142 Å². The van der Waals surface area contributed by atoms with E-state index in [4.69, 9.17) is 0 Å². The van der Waals surface area contributed by atoms with E-state index in [1.54, 1.807) is 6.33 Å². The van der Waals surface area contributed by atoms with Crippen molar-refractivity contribution in [1.82, 2.24) is 19.4 Å². The second-order valence-electron chi connectivity index (χ2n) is 7.13. The van der Waals surface area contributed by atoms with Crippen LogP contribution in [0.2, 0.25) is 0 Å². The van der Waals surface area contributed by atoms with Gasteiger partial charge in [0.05, 0.1) is 17.4 Å². The molecule has 1 unspecified atom stereocenters. The van der Waals surface area contributed by atoms with Crippen molar-refractivity contribution in [3.05, 3.63) is 24.5 Å². The van der Waals surface area contributed by atoms with Crippen molar-refractivity contribution in [3.63, 3.8) is 0 Å². The lowest BCUT2D eigenvalue weighted by Gasteiger charge is -2.49. The number of anilines is 1. The Balaban J connectivity index is 1.36. The third kappa shape index (κ3) is 2.75. The molecule has 0 saturated carbocycles. The SMILES string of the molecule is CC1CCCCN1C1CN(C(=O)Nc2ccc3ncn(C)c3c2)C1. The number of urea groups is 1. The minimum atomic E-state index is -0.00238. The molecule has 4 rings (SSSR count). The van der Waals surface area contributed by atoms with E-state index in [2.05, 4.69) is 22.1 Å². The van der Waals surface area contributed by atoms with Gasteiger partial charge in [-0.3, -0.25) is 4.90 Å². The number of amides is 2. The van der Waals surface area contributed by atoms with Gasteiger partial charge in [0.25, 0.3) is 0 Å². The number of aromatic nitrogens is 2. The number of hydrogen-bond donors (Lipinski definition) is 1. The van der Waals surface area contributed by atoms with Gasteiger partial charge in [0.1, 0.15) is 0 Å². The number of nitrogens with one attached hydrogen (secondary N) is 1. The van der Waals surface area contributed by atoms with Crippen LogP contribution in [0, 0.1) is 0 Å². The van der Waals surface area contributed by atoms with Crippen LogP contribution >= 0.6 is 0 Å². The first-order chi connectivity index (χ1) is 11.6. The quantitative estimate of drug-likeness (QED) is 0.922. The summed E-state index contributed by atoms with van der Waals surface area (Å²) in [5, 5.41) is 3.02. The van der Waals surface area contributed by atoms with Crippen LogP contribution in [-0.4, -0.2) is 57.1 Å². The first-order valence-electron chi connectivity index (χ1n) is 8.84. The maximum Gasteiger partial charge on any atom is 0.321 e. The summed E-state index contributed by atoms with van der Waals surface area (Å²) >= 11 is 0. The zero-order chi connectivity index (χ0) is 16.7. The highest BCUT2D eigenvalue weighted by Crippen LogP contribution is 2.25. The van der Waals surface area contributed by atoms with Crippen LogP contribution in [0.3, 0.4) is 0 Å². The van der Waals surface area contributed by atoms with E-state index in [0.717, 1.165) is 29.8 Å². The first kappa shape index (κ1) is 15.4. The predicted molar refractivity (Wildman–Crippen MR) is 95.1 cm³/mol. The molecule has 1 N–H and O–H groups in total. The standard InChI is InChI=1S/C18H25N5O/c1-13-5-3-4-8-23(13)15-10-22(11-15)18(24)20-14-6-7-16-17(9-14)21(2)12-19-16/h6-7,9,12-13,15H,3-5,8,10-11H2,1-2H3,(H,20,24). The fourth-order valence-corrected chi connectivity index (χ4v) is 3.90. The molecule has 2 amide bonds. The molecule has 0 aliphatic carbocycles. The molecule has 6 heteroatoms. The van der Waals surface area contributed by atoms with Crippen LogP contribution in [0.1, 0.15) is 26.2 Å². The van der Waals surface area contributed by atoms with Gasteiger partial charge < -0.3 is 14.8 Å². The summed E-state index contributed by atoms with van der Waals surface area (Å²) in [5.74, 6) is 0. The Hall–Kier alpha value is -2.08. The van der Waals surface area contributed by atoms with Gasteiger partial charge in [-0.25, -0.2) is 9.78 Å². The van der Waals surface area contributed by atoms with Gasteiger partial charge in [-0.05, 0) is 44.5 Å². The third-order valence-electron chi connectivity index (χ3n) is 5.45. The molecule has 1 aromatic heterocycles. The summed E-state index contributed by atoms with van der Waals surface area (Å²) in [4.78, 5) is 21.2. The van der Waals surface area contributed by atoms with Crippen molar-refractivity contribution in [1.29, 1.82) is 0 Å². The summed E-state index contributed by atoms with van der Waals surface area (Å²) in [6.45, 7) is 5.16. The van der Waals surface area contributed by atoms with Crippen LogP contribution in [0.4, 0.5) is 10.5 Å². The molecular weight excluding hydrogens is 302 g/mol. The van der Waals surface area contributed by atoms with Crippen molar-refractivity contribution in [2.75, 3.05) is 25.0 Å². The van der Waals surface area contributed by atoms with Gasteiger partial charge in [-0.15, -0.1) is 0 Å². The van der Waals surface area contributed by atoms with Crippen molar-refractivity contribution in [2.24, 2.45) is 7.05 Å². The van der Waals surface area contributed by atoms with Crippen molar-refractivity contribution >= 4 is 22.8 Å². The fraction of sp³-hybridized carbons (Fsp3) is 0.556. The molecule has 24 heavy (non-hydrogen) atoms. The Morgan fingerprint density at radius 2 is 2.12 bits per heavy atom. The van der Waals surface area contributed by atoms with Gasteiger partial charge >= 0.3 is 6.03 Å². The lowest BCUT2D eigenvalue weighted by atomic mass is 9.98. The van der Waals surface area contributed by atoms with Crippen LogP contribution < -0.4 is 5.32 Å². The molecule has 0 radical (unpaired) electrons. The zero-order valence-corrected chi connectivity index (χ0v) is 14.4. The van der Waals surface area contributed by atoms with E-state index in [1.165, 1.54) is 25.8 Å². The monoisotopic (exact) mass is 327 g/mol. The normalized spacial score (nSPS) is 22.6. The molecule has 2 aromatic rings. The predicted octanol–water partition coefficient (Wildman–Crippen LogP) is 2.66. The Kier molecular flexibility index (Phi) is 3.92. The van der Waals surface area contributed by atoms with Crippen molar-refractivity contribution < 1.29 is 4.79 Å². The molecule has 2 saturated heterocycles. The summed E-state index contributed by atoms with van der Waals surface area (Å²) in [6.07, 6.45) is 5.70. The molecule has 2 aliphatic heterocycles. The topological polar surface area (TPSA) is 53.4 Å². The highest BCUT2D eigenvalue weighted by Gasteiger charge is 2.37. The molecule has 2 aliphatic rings. The maximum absolute atomic E-state index is 12.4. The first-order valence-corrected chi connectivity index (χ1v) is 8.84. The molecule has 2 fully saturated rings. The van der Waals surface area contributed by atoms with E-state index in [-0.39, 0.29) is 6.03 Å². The number of imidazole rings is 1. The van der Waals surface area contributed by atoms with E-state index in [0.29, 0.717) is 12.1 Å². The van der Waals surface area contributed by atoms with E-state index in [9.17, 15) is 4.79 Å². The number of fused-ring (bicyclic) bond motifs is 1. The average molecular weight is 327 g/mol. The van der Waals surface area contributed by atoms with Crippen LogP contribution in [-0.2, 0) is 7.05 Å². The zero-order valence-electron chi connectivity index (χ0n) is 14.4. The molecule has 0 spiro atoms. The van der Waals surface area contributed by atoms with E-state index in [1.807, 2.05) is 34.7 Å². The van der Waals surface area contributed by atoms with Crippen LogP contribution in [0.15, 0.2) is 24.5 Å². The second-order valence-corrected chi connectivity index (χ2v) is 7.13. The molecule has 1 aromatic carbocycles. The minimum Gasteiger partial charge on any atom is -0.334 e. The molecule has 128 valence electrons. The number of hydrogen-bond acceptors (Lipinski definition) is 3. The number of piperidine rings is 1.